The summed E-state index contributed by atoms with van der Waals surface area (Å²) in [5.41, 5.74) is 0. The number of hydrogen-bond acceptors (Lipinski definition) is 3. The van der Waals surface area contributed by atoms with Crippen molar-refractivity contribution < 1.29 is 15.0 Å². The summed E-state index contributed by atoms with van der Waals surface area (Å²) in [5, 5.41) is 18.8. The second-order valence-corrected chi connectivity index (χ2v) is 4.65. The lowest BCUT2D eigenvalue weighted by atomic mass is 9.97. The summed E-state index contributed by atoms with van der Waals surface area (Å²) in [5.74, 6) is 0.159. The number of likely N-dealkylation sites (tertiary alicyclic amines) is 1. The maximum absolute atomic E-state index is 12.1. The zero-order valence-electron chi connectivity index (χ0n) is 10.2. The zero-order valence-corrected chi connectivity index (χ0v) is 10.2. The Morgan fingerprint density at radius 2 is 1.62 bits per heavy atom. The summed E-state index contributed by atoms with van der Waals surface area (Å²) in [7, 11) is 0. The van der Waals surface area contributed by atoms with Crippen LogP contribution in [0.4, 0.5) is 0 Å². The van der Waals surface area contributed by atoms with Gasteiger partial charge in [0.15, 0.2) is 0 Å². The first-order chi connectivity index (χ1) is 7.60. The Morgan fingerprint density at radius 3 is 2.00 bits per heavy atom. The van der Waals surface area contributed by atoms with Crippen molar-refractivity contribution in [2.75, 3.05) is 13.1 Å². The number of amides is 1. The van der Waals surface area contributed by atoms with Crippen LogP contribution in [0.3, 0.4) is 0 Å². The molecule has 0 bridgehead atoms. The highest BCUT2D eigenvalue weighted by molar-refractivity contribution is 5.79. The van der Waals surface area contributed by atoms with Gasteiger partial charge in [0.2, 0.25) is 5.91 Å². The minimum absolute atomic E-state index is 0.0625. The molecule has 16 heavy (non-hydrogen) atoms. The standard InChI is InChI=1S/C12H23NO3/c1-3-5-9(6-4-2)12(16)13-7-10(14)11(15)8-13/h9-11,14-15H,3-8H2,1-2H3. The van der Waals surface area contributed by atoms with E-state index in [-0.39, 0.29) is 24.9 Å². The quantitative estimate of drug-likeness (QED) is 0.732. The highest BCUT2D eigenvalue weighted by Gasteiger charge is 2.34. The van der Waals surface area contributed by atoms with E-state index < -0.39 is 12.2 Å². The first kappa shape index (κ1) is 13.5. The summed E-state index contributed by atoms with van der Waals surface area (Å²) < 4.78 is 0. The van der Waals surface area contributed by atoms with E-state index in [9.17, 15) is 15.0 Å². The summed E-state index contributed by atoms with van der Waals surface area (Å²) in [4.78, 5) is 13.7. The molecule has 1 aliphatic rings. The van der Waals surface area contributed by atoms with E-state index in [4.69, 9.17) is 0 Å². The lowest BCUT2D eigenvalue weighted by Gasteiger charge is -2.22. The monoisotopic (exact) mass is 229 g/mol. The summed E-state index contributed by atoms with van der Waals surface area (Å²) in [6, 6.07) is 0. The highest BCUT2D eigenvalue weighted by Crippen LogP contribution is 2.20. The first-order valence-corrected chi connectivity index (χ1v) is 6.25. The third-order valence-corrected chi connectivity index (χ3v) is 3.19. The van der Waals surface area contributed by atoms with Crippen LogP contribution in [0.2, 0.25) is 0 Å². The van der Waals surface area contributed by atoms with E-state index in [1.54, 1.807) is 4.90 Å². The fourth-order valence-corrected chi connectivity index (χ4v) is 2.30. The van der Waals surface area contributed by atoms with Crippen molar-refractivity contribution in [3.05, 3.63) is 0 Å². The van der Waals surface area contributed by atoms with E-state index in [1.165, 1.54) is 0 Å². The molecule has 0 radical (unpaired) electrons. The Balaban J connectivity index is 2.54. The van der Waals surface area contributed by atoms with E-state index in [0.717, 1.165) is 25.7 Å². The maximum atomic E-state index is 12.1. The molecule has 4 heteroatoms. The van der Waals surface area contributed by atoms with Crippen LogP contribution in [-0.4, -0.2) is 46.3 Å². The Hall–Kier alpha value is -0.610. The SMILES string of the molecule is CCCC(CCC)C(=O)N1CC(O)C(O)C1. The van der Waals surface area contributed by atoms with E-state index >= 15 is 0 Å². The molecule has 2 atom stereocenters. The topological polar surface area (TPSA) is 60.8 Å². The molecule has 1 fully saturated rings. The molecule has 1 rings (SSSR count). The number of rotatable bonds is 5. The third-order valence-electron chi connectivity index (χ3n) is 3.19. The number of hydrogen-bond donors (Lipinski definition) is 2. The van der Waals surface area contributed by atoms with Crippen molar-refractivity contribution in [3.8, 4) is 0 Å². The number of β-amino-alcohol motifs (C(OH)–C–C–N with tert-alkyl or cyclic N) is 2. The minimum atomic E-state index is -0.771. The van der Waals surface area contributed by atoms with E-state index in [2.05, 4.69) is 13.8 Å². The van der Waals surface area contributed by atoms with Crippen LogP contribution in [0.15, 0.2) is 0 Å². The fraction of sp³-hybridized carbons (Fsp3) is 0.917. The Kier molecular flexibility index (Phi) is 5.22. The van der Waals surface area contributed by atoms with Gasteiger partial charge in [0, 0.05) is 19.0 Å². The van der Waals surface area contributed by atoms with Gasteiger partial charge < -0.3 is 15.1 Å². The fourth-order valence-electron chi connectivity index (χ4n) is 2.30. The van der Waals surface area contributed by atoms with Gasteiger partial charge in [-0.15, -0.1) is 0 Å². The van der Waals surface area contributed by atoms with E-state index in [1.807, 2.05) is 0 Å². The lowest BCUT2D eigenvalue weighted by molar-refractivity contribution is -0.135. The van der Waals surface area contributed by atoms with E-state index in [0.29, 0.717) is 0 Å². The Bertz CT molecular complexity index is 212. The summed E-state index contributed by atoms with van der Waals surface area (Å²) in [6.07, 6.45) is 2.25. The van der Waals surface area contributed by atoms with Crippen LogP contribution in [0.25, 0.3) is 0 Å². The van der Waals surface area contributed by atoms with Crippen LogP contribution < -0.4 is 0 Å². The zero-order chi connectivity index (χ0) is 12.1. The second-order valence-electron chi connectivity index (χ2n) is 4.65. The maximum Gasteiger partial charge on any atom is 0.225 e. The Morgan fingerprint density at radius 1 is 1.19 bits per heavy atom. The molecule has 0 spiro atoms. The smallest absolute Gasteiger partial charge is 0.225 e. The molecule has 2 unspecified atom stereocenters. The van der Waals surface area contributed by atoms with Crippen molar-refractivity contribution in [2.45, 2.75) is 51.7 Å². The van der Waals surface area contributed by atoms with Crippen LogP contribution in [0.1, 0.15) is 39.5 Å². The molecule has 1 amide bonds. The van der Waals surface area contributed by atoms with Crippen LogP contribution in [-0.2, 0) is 4.79 Å². The van der Waals surface area contributed by atoms with Gasteiger partial charge in [0.1, 0.15) is 0 Å². The molecular formula is C12H23NO3. The molecule has 4 nitrogen and oxygen atoms in total. The molecule has 0 aromatic rings. The second kappa shape index (κ2) is 6.21. The summed E-state index contributed by atoms with van der Waals surface area (Å²) in [6.45, 7) is 4.71. The molecule has 1 heterocycles. The summed E-state index contributed by atoms with van der Waals surface area (Å²) >= 11 is 0. The van der Waals surface area contributed by atoms with Gasteiger partial charge in [-0.05, 0) is 12.8 Å². The molecule has 0 aliphatic carbocycles. The predicted molar refractivity (Wildman–Crippen MR) is 61.9 cm³/mol. The largest absolute Gasteiger partial charge is 0.388 e. The van der Waals surface area contributed by atoms with Gasteiger partial charge in [0.25, 0.3) is 0 Å². The van der Waals surface area contributed by atoms with Crippen LogP contribution in [0.5, 0.6) is 0 Å². The van der Waals surface area contributed by atoms with Crippen molar-refractivity contribution in [2.24, 2.45) is 5.92 Å². The molecule has 94 valence electrons. The number of aliphatic hydroxyl groups is 2. The van der Waals surface area contributed by atoms with Crippen molar-refractivity contribution in [1.82, 2.24) is 4.90 Å². The number of carbonyl (C=O) groups is 1. The molecule has 0 aromatic carbocycles. The lowest BCUT2D eigenvalue weighted by Crippen LogP contribution is -2.35. The molecule has 2 N–H and O–H groups in total. The highest BCUT2D eigenvalue weighted by atomic mass is 16.3. The number of carbonyl (C=O) groups excluding carboxylic acids is 1. The van der Waals surface area contributed by atoms with Crippen molar-refractivity contribution >= 4 is 5.91 Å². The van der Waals surface area contributed by atoms with Gasteiger partial charge in [-0.2, -0.15) is 0 Å². The van der Waals surface area contributed by atoms with Gasteiger partial charge in [-0.3, -0.25) is 4.79 Å². The Labute approximate surface area is 97.3 Å². The third kappa shape index (κ3) is 3.19. The number of aliphatic hydroxyl groups excluding tert-OH is 2. The van der Waals surface area contributed by atoms with Crippen molar-refractivity contribution in [1.29, 1.82) is 0 Å². The average Bonchev–Trinajstić information content (AvgIpc) is 2.58. The molecular weight excluding hydrogens is 206 g/mol. The average molecular weight is 229 g/mol. The normalized spacial score (nSPS) is 25.4. The van der Waals surface area contributed by atoms with Gasteiger partial charge in [0.05, 0.1) is 12.2 Å². The molecule has 1 saturated heterocycles. The van der Waals surface area contributed by atoms with Crippen molar-refractivity contribution in [3.63, 3.8) is 0 Å². The number of nitrogens with zero attached hydrogens (tertiary/aromatic N) is 1. The molecule has 0 saturated carbocycles. The van der Waals surface area contributed by atoms with Crippen LogP contribution in [0, 0.1) is 5.92 Å². The van der Waals surface area contributed by atoms with Gasteiger partial charge in [-0.25, -0.2) is 0 Å². The predicted octanol–water partition coefficient (Wildman–Crippen LogP) is 0.767. The van der Waals surface area contributed by atoms with Crippen LogP contribution >= 0.6 is 0 Å². The molecule has 1 aliphatic heterocycles. The minimum Gasteiger partial charge on any atom is -0.388 e. The van der Waals surface area contributed by atoms with Gasteiger partial charge in [-0.1, -0.05) is 26.7 Å². The first-order valence-electron chi connectivity index (χ1n) is 6.25. The molecule has 0 aromatic heterocycles. The van der Waals surface area contributed by atoms with Gasteiger partial charge >= 0.3 is 0 Å².